The molecule has 3 nitrogen and oxygen atoms in total. The normalized spacial score (nSPS) is 20.6. The van der Waals surface area contributed by atoms with Gasteiger partial charge in [0.2, 0.25) is 5.91 Å². The number of hydrogen-bond acceptors (Lipinski definition) is 2. The summed E-state index contributed by atoms with van der Waals surface area (Å²) in [6.45, 7) is 3.92. The first-order valence-electron chi connectivity index (χ1n) is 14.1. The van der Waals surface area contributed by atoms with Crippen LogP contribution in [0.2, 0.25) is 5.02 Å². The fourth-order valence-electron chi connectivity index (χ4n) is 6.55. The van der Waals surface area contributed by atoms with E-state index in [0.717, 1.165) is 43.1 Å². The fourth-order valence-corrected chi connectivity index (χ4v) is 6.67. The highest BCUT2D eigenvalue weighted by Gasteiger charge is 2.50. The first-order valence-corrected chi connectivity index (χ1v) is 14.5. The zero-order chi connectivity index (χ0) is 27.5. The molecule has 0 radical (unpaired) electrons. The van der Waals surface area contributed by atoms with Gasteiger partial charge in [0.25, 0.3) is 0 Å². The van der Waals surface area contributed by atoms with E-state index in [2.05, 4.69) is 65.6 Å². The van der Waals surface area contributed by atoms with Crippen LogP contribution < -0.4 is 0 Å². The van der Waals surface area contributed by atoms with Crippen molar-refractivity contribution in [3.8, 4) is 0 Å². The molecule has 2 atom stereocenters. The maximum absolute atomic E-state index is 14.1. The topological polar surface area (TPSA) is 23.6 Å². The summed E-state index contributed by atoms with van der Waals surface area (Å²) in [7, 11) is 0. The van der Waals surface area contributed by atoms with Crippen LogP contribution in [0.4, 0.5) is 4.39 Å². The van der Waals surface area contributed by atoms with Crippen molar-refractivity contribution >= 4 is 17.5 Å². The fraction of sp³-hybridized carbons (Fsp3) is 0.286. The van der Waals surface area contributed by atoms with Gasteiger partial charge in [0.1, 0.15) is 5.82 Å². The molecule has 4 aromatic rings. The third kappa shape index (κ3) is 5.43. The molecule has 5 heteroatoms. The summed E-state index contributed by atoms with van der Waals surface area (Å²) in [4.78, 5) is 18.6. The van der Waals surface area contributed by atoms with Crippen LogP contribution in [0.15, 0.2) is 109 Å². The molecule has 0 aromatic heterocycles. The lowest BCUT2D eigenvalue weighted by Gasteiger charge is -2.53. The Morgan fingerprint density at radius 2 is 1.43 bits per heavy atom. The van der Waals surface area contributed by atoms with Gasteiger partial charge in [-0.15, -0.1) is 0 Å². The van der Waals surface area contributed by atoms with Gasteiger partial charge in [0, 0.05) is 43.0 Å². The van der Waals surface area contributed by atoms with Crippen molar-refractivity contribution in [2.75, 3.05) is 32.7 Å². The second kappa shape index (κ2) is 11.6. The summed E-state index contributed by atoms with van der Waals surface area (Å²) < 4.78 is 13.8. The molecule has 0 aliphatic carbocycles. The number of carbonyl (C=O) groups excluding carboxylic acids is 1. The number of nitrogens with zero attached hydrogens (tertiary/aromatic N) is 2. The molecule has 2 heterocycles. The minimum atomic E-state index is -0.250. The Bertz CT molecular complexity index is 1380. The third-order valence-corrected chi connectivity index (χ3v) is 9.08. The Balaban J connectivity index is 1.20. The monoisotopic (exact) mass is 552 g/mol. The summed E-state index contributed by atoms with van der Waals surface area (Å²) in [6.07, 6.45) is 1.72. The predicted octanol–water partition coefficient (Wildman–Crippen LogP) is 6.96. The van der Waals surface area contributed by atoms with Gasteiger partial charge in [-0.3, -0.25) is 4.79 Å². The number of hydrogen-bond donors (Lipinski definition) is 0. The predicted molar refractivity (Wildman–Crippen MR) is 159 cm³/mol. The first kappa shape index (κ1) is 26.7. The van der Waals surface area contributed by atoms with Crippen molar-refractivity contribution in [2.24, 2.45) is 5.92 Å². The highest BCUT2D eigenvalue weighted by atomic mass is 35.5. The molecule has 6 rings (SSSR count). The largest absolute Gasteiger partial charge is 0.340 e. The summed E-state index contributed by atoms with van der Waals surface area (Å²) in [6, 6.07) is 35.9. The van der Waals surface area contributed by atoms with Crippen LogP contribution >= 0.6 is 11.6 Å². The lowest BCUT2D eigenvalue weighted by molar-refractivity contribution is -0.144. The Hall–Kier alpha value is -3.47. The van der Waals surface area contributed by atoms with Gasteiger partial charge in [-0.1, -0.05) is 96.5 Å². The van der Waals surface area contributed by atoms with Gasteiger partial charge in [0.15, 0.2) is 0 Å². The Labute approximate surface area is 241 Å². The molecule has 2 fully saturated rings. The van der Waals surface area contributed by atoms with Crippen molar-refractivity contribution in [3.63, 3.8) is 0 Å². The molecule has 0 spiro atoms. The van der Waals surface area contributed by atoms with Crippen LogP contribution in [0.1, 0.15) is 34.6 Å². The number of piperidine rings is 1. The molecule has 204 valence electrons. The third-order valence-electron chi connectivity index (χ3n) is 8.83. The lowest BCUT2D eigenvalue weighted by Crippen LogP contribution is -2.63. The molecule has 4 aromatic carbocycles. The van der Waals surface area contributed by atoms with E-state index in [-0.39, 0.29) is 29.0 Å². The number of benzene rings is 4. The van der Waals surface area contributed by atoms with Crippen molar-refractivity contribution in [3.05, 3.63) is 142 Å². The van der Waals surface area contributed by atoms with Crippen LogP contribution in [0.25, 0.3) is 0 Å². The van der Waals surface area contributed by atoms with E-state index in [1.165, 1.54) is 28.8 Å². The average molecular weight is 553 g/mol. The van der Waals surface area contributed by atoms with Gasteiger partial charge in [-0.05, 0) is 65.9 Å². The van der Waals surface area contributed by atoms with E-state index in [0.29, 0.717) is 13.1 Å². The number of carbonyl (C=O) groups is 1. The Morgan fingerprint density at radius 1 is 0.825 bits per heavy atom. The quantitative estimate of drug-likeness (QED) is 0.247. The molecule has 2 saturated heterocycles. The maximum atomic E-state index is 14.1. The summed E-state index contributed by atoms with van der Waals surface area (Å²) in [5.74, 6) is -0.133. The zero-order valence-electron chi connectivity index (χ0n) is 22.6. The van der Waals surface area contributed by atoms with Crippen LogP contribution in [0.3, 0.4) is 0 Å². The van der Waals surface area contributed by atoms with Crippen molar-refractivity contribution in [1.82, 2.24) is 9.80 Å². The van der Waals surface area contributed by atoms with Crippen LogP contribution in [0.5, 0.6) is 0 Å². The highest BCUT2D eigenvalue weighted by molar-refractivity contribution is 6.30. The molecule has 0 unspecified atom stereocenters. The van der Waals surface area contributed by atoms with E-state index >= 15 is 0 Å². The highest BCUT2D eigenvalue weighted by Crippen LogP contribution is 2.43. The molecular weight excluding hydrogens is 519 g/mol. The SMILES string of the molecule is O=C([C@@H]1CCN(CCc2ccc(Cl)cc2)C[C@H]1c1ccc(F)cc1)N1CC(c2ccccc2)(c2ccccc2)C1. The molecule has 2 aliphatic heterocycles. The van der Waals surface area contributed by atoms with Gasteiger partial charge in [0.05, 0.1) is 5.41 Å². The van der Waals surface area contributed by atoms with Gasteiger partial charge in [-0.25, -0.2) is 4.39 Å². The van der Waals surface area contributed by atoms with E-state index in [1.54, 1.807) is 0 Å². The Morgan fingerprint density at radius 3 is 2.02 bits per heavy atom. The molecular formula is C35H34ClFN2O. The van der Waals surface area contributed by atoms with Crippen LogP contribution in [-0.4, -0.2) is 48.4 Å². The number of amides is 1. The van der Waals surface area contributed by atoms with Crippen molar-refractivity contribution in [2.45, 2.75) is 24.2 Å². The van der Waals surface area contributed by atoms with E-state index in [1.807, 2.05) is 41.3 Å². The van der Waals surface area contributed by atoms with Gasteiger partial charge in [-0.2, -0.15) is 0 Å². The van der Waals surface area contributed by atoms with Gasteiger partial charge >= 0.3 is 0 Å². The average Bonchev–Trinajstić information content (AvgIpc) is 2.98. The molecule has 2 aliphatic rings. The summed E-state index contributed by atoms with van der Waals surface area (Å²) in [5.41, 5.74) is 4.59. The second-order valence-electron chi connectivity index (χ2n) is 11.2. The molecule has 1 amide bonds. The number of rotatable bonds is 7. The van der Waals surface area contributed by atoms with Crippen molar-refractivity contribution in [1.29, 1.82) is 0 Å². The minimum absolute atomic E-state index is 0.0236. The standard InChI is InChI=1S/C35H34ClFN2O/c36-30-15-11-26(12-16-30)19-21-38-22-20-32(33(23-38)27-13-17-31(37)18-14-27)34(40)39-24-35(25-39,28-7-3-1-4-8-28)29-9-5-2-6-10-29/h1-18,32-33H,19-25H2/t32-,33+/m1/s1. The lowest BCUT2D eigenvalue weighted by atomic mass is 9.67. The maximum Gasteiger partial charge on any atom is 0.226 e. The smallest absolute Gasteiger partial charge is 0.226 e. The van der Waals surface area contributed by atoms with E-state index in [4.69, 9.17) is 11.6 Å². The summed E-state index contributed by atoms with van der Waals surface area (Å²) >= 11 is 6.06. The number of likely N-dealkylation sites (tertiary alicyclic amines) is 2. The molecule has 0 bridgehead atoms. The summed E-state index contributed by atoms with van der Waals surface area (Å²) in [5, 5.41) is 0.744. The first-order chi connectivity index (χ1) is 19.5. The second-order valence-corrected chi connectivity index (χ2v) is 11.7. The minimum Gasteiger partial charge on any atom is -0.340 e. The molecule has 0 saturated carbocycles. The van der Waals surface area contributed by atoms with E-state index in [9.17, 15) is 9.18 Å². The van der Waals surface area contributed by atoms with Crippen LogP contribution in [0, 0.1) is 11.7 Å². The molecule has 40 heavy (non-hydrogen) atoms. The number of halogens is 2. The van der Waals surface area contributed by atoms with E-state index < -0.39 is 0 Å². The zero-order valence-corrected chi connectivity index (χ0v) is 23.3. The van der Waals surface area contributed by atoms with Crippen molar-refractivity contribution < 1.29 is 9.18 Å². The van der Waals surface area contributed by atoms with Gasteiger partial charge < -0.3 is 9.80 Å². The Kier molecular flexibility index (Phi) is 7.73. The van der Waals surface area contributed by atoms with Crippen LogP contribution in [-0.2, 0) is 16.6 Å². The molecule has 0 N–H and O–H groups in total.